The van der Waals surface area contributed by atoms with Crippen LogP contribution >= 0.6 is 0 Å². The highest BCUT2D eigenvalue weighted by Crippen LogP contribution is 2.21. The molecule has 6 nitrogen and oxygen atoms in total. The van der Waals surface area contributed by atoms with Crippen molar-refractivity contribution < 1.29 is 19.8 Å². The van der Waals surface area contributed by atoms with Crippen LogP contribution in [0.2, 0.25) is 0 Å². The first-order valence-electron chi connectivity index (χ1n) is 3.78. The maximum absolute atomic E-state index is 11.4. The van der Waals surface area contributed by atoms with Crippen molar-refractivity contribution in [3.63, 3.8) is 0 Å². The molecule has 1 aliphatic rings. The van der Waals surface area contributed by atoms with E-state index >= 15 is 0 Å². The van der Waals surface area contributed by atoms with E-state index in [1.165, 1.54) is 13.8 Å². The molecular formula is C7H12N2O4. The van der Waals surface area contributed by atoms with Gasteiger partial charge in [0.1, 0.15) is 5.54 Å². The van der Waals surface area contributed by atoms with Gasteiger partial charge in [0.15, 0.2) is 0 Å². The molecule has 1 fully saturated rings. The van der Waals surface area contributed by atoms with E-state index in [9.17, 15) is 9.59 Å². The summed E-state index contributed by atoms with van der Waals surface area (Å²) in [5.41, 5.74) is -1.08. The summed E-state index contributed by atoms with van der Waals surface area (Å²) >= 11 is 0. The van der Waals surface area contributed by atoms with Gasteiger partial charge >= 0.3 is 6.03 Å². The number of hydrogen-bond acceptors (Lipinski definition) is 4. The molecule has 0 unspecified atom stereocenters. The minimum Gasteiger partial charge on any atom is -0.349 e. The van der Waals surface area contributed by atoms with E-state index in [4.69, 9.17) is 10.2 Å². The second-order valence-electron chi connectivity index (χ2n) is 3.67. The Morgan fingerprint density at radius 3 is 2.00 bits per heavy atom. The van der Waals surface area contributed by atoms with Crippen molar-refractivity contribution in [3.05, 3.63) is 0 Å². The van der Waals surface area contributed by atoms with Crippen LogP contribution in [0.25, 0.3) is 0 Å². The molecule has 6 heteroatoms. The van der Waals surface area contributed by atoms with Crippen molar-refractivity contribution in [2.75, 3.05) is 0 Å². The molecule has 74 valence electrons. The maximum Gasteiger partial charge on any atom is 0.329 e. The predicted molar refractivity (Wildman–Crippen MR) is 42.3 cm³/mol. The summed E-state index contributed by atoms with van der Waals surface area (Å²) in [5.74, 6) is -3.11. The standard InChI is InChI=1S/C7H12N2O4/c1-6(2)4(10)9(5(11)8-6)7(3,12)13/h12-13H,1-3H3,(H,8,11). The fourth-order valence-electron chi connectivity index (χ4n) is 1.13. The first-order valence-corrected chi connectivity index (χ1v) is 3.78. The van der Waals surface area contributed by atoms with Gasteiger partial charge in [0.05, 0.1) is 0 Å². The Balaban J connectivity index is 3.03. The lowest BCUT2D eigenvalue weighted by Crippen LogP contribution is -2.51. The average molecular weight is 188 g/mol. The SMILES string of the molecule is CC1(C)NC(=O)N(C(C)(O)O)C1=O. The Bertz CT molecular complexity index is 266. The molecule has 3 N–H and O–H groups in total. The van der Waals surface area contributed by atoms with Gasteiger partial charge in [-0.25, -0.2) is 9.69 Å². The van der Waals surface area contributed by atoms with Crippen molar-refractivity contribution in [1.82, 2.24) is 10.2 Å². The normalized spacial score (nSPS) is 22.1. The number of aliphatic hydroxyl groups is 2. The minimum atomic E-state index is -2.45. The van der Waals surface area contributed by atoms with Crippen LogP contribution in [-0.4, -0.2) is 38.5 Å². The Morgan fingerprint density at radius 2 is 1.85 bits per heavy atom. The van der Waals surface area contributed by atoms with E-state index in [0.717, 1.165) is 6.92 Å². The molecule has 13 heavy (non-hydrogen) atoms. The van der Waals surface area contributed by atoms with E-state index in [1.807, 2.05) is 0 Å². The zero-order chi connectivity index (χ0) is 10.4. The third kappa shape index (κ3) is 1.50. The summed E-state index contributed by atoms with van der Waals surface area (Å²) < 4.78 is 0. The molecule has 1 saturated heterocycles. The summed E-state index contributed by atoms with van der Waals surface area (Å²) in [6.45, 7) is 3.92. The molecular weight excluding hydrogens is 176 g/mol. The first-order chi connectivity index (χ1) is 5.66. The third-order valence-corrected chi connectivity index (χ3v) is 1.78. The first kappa shape index (κ1) is 9.94. The summed E-state index contributed by atoms with van der Waals surface area (Å²) in [5, 5.41) is 20.5. The average Bonchev–Trinajstić information content (AvgIpc) is 1.99. The second kappa shape index (κ2) is 2.43. The molecule has 3 amide bonds. The van der Waals surface area contributed by atoms with Gasteiger partial charge < -0.3 is 15.5 Å². The lowest BCUT2D eigenvalue weighted by molar-refractivity contribution is -0.225. The molecule has 1 heterocycles. The maximum atomic E-state index is 11.4. The molecule has 0 spiro atoms. The van der Waals surface area contributed by atoms with E-state index < -0.39 is 23.4 Å². The van der Waals surface area contributed by atoms with Gasteiger partial charge in [0.2, 0.25) is 0 Å². The number of amides is 3. The van der Waals surface area contributed by atoms with Gasteiger partial charge in [-0.3, -0.25) is 4.79 Å². The van der Waals surface area contributed by atoms with Gasteiger partial charge in [-0.15, -0.1) is 0 Å². The second-order valence-corrected chi connectivity index (χ2v) is 3.67. The van der Waals surface area contributed by atoms with Crippen molar-refractivity contribution in [2.24, 2.45) is 0 Å². The molecule has 0 aromatic rings. The molecule has 0 aromatic heterocycles. The number of carbonyl (C=O) groups is 2. The number of nitrogens with one attached hydrogen (secondary N) is 1. The highest BCUT2D eigenvalue weighted by Gasteiger charge is 2.51. The van der Waals surface area contributed by atoms with Crippen LogP contribution in [0.15, 0.2) is 0 Å². The molecule has 0 saturated carbocycles. The number of carbonyl (C=O) groups excluding carboxylic acids is 2. The van der Waals surface area contributed by atoms with Crippen molar-refractivity contribution in [3.8, 4) is 0 Å². The number of urea groups is 1. The molecule has 0 aromatic carbocycles. The summed E-state index contributed by atoms with van der Waals surface area (Å²) in [4.78, 5) is 22.9. The van der Waals surface area contributed by atoms with Gasteiger partial charge in [-0.2, -0.15) is 0 Å². The summed E-state index contributed by atoms with van der Waals surface area (Å²) in [6, 6.07) is -0.803. The predicted octanol–water partition coefficient (Wildman–Crippen LogP) is -1.02. The highest BCUT2D eigenvalue weighted by molar-refractivity contribution is 6.06. The van der Waals surface area contributed by atoms with Crippen LogP contribution in [0.5, 0.6) is 0 Å². The molecule has 0 bridgehead atoms. The fourth-order valence-corrected chi connectivity index (χ4v) is 1.13. The van der Waals surface area contributed by atoms with E-state index in [2.05, 4.69) is 5.32 Å². The van der Waals surface area contributed by atoms with Crippen molar-refractivity contribution in [2.45, 2.75) is 32.2 Å². The fraction of sp³-hybridized carbons (Fsp3) is 0.714. The zero-order valence-electron chi connectivity index (χ0n) is 7.66. The lowest BCUT2D eigenvalue weighted by Gasteiger charge is -2.25. The molecule has 0 atom stereocenters. The van der Waals surface area contributed by atoms with E-state index in [-0.39, 0.29) is 0 Å². The van der Waals surface area contributed by atoms with Crippen molar-refractivity contribution in [1.29, 1.82) is 0 Å². The van der Waals surface area contributed by atoms with Gasteiger partial charge in [0.25, 0.3) is 11.8 Å². The molecule has 0 aliphatic carbocycles. The molecule has 1 aliphatic heterocycles. The number of rotatable bonds is 1. The third-order valence-electron chi connectivity index (χ3n) is 1.78. The quantitative estimate of drug-likeness (QED) is 0.363. The smallest absolute Gasteiger partial charge is 0.329 e. The Hall–Kier alpha value is -1.14. The van der Waals surface area contributed by atoms with Crippen LogP contribution < -0.4 is 5.32 Å². The summed E-state index contributed by atoms with van der Waals surface area (Å²) in [7, 11) is 0. The highest BCUT2D eigenvalue weighted by atomic mass is 16.5. The van der Waals surface area contributed by atoms with Gasteiger partial charge in [-0.05, 0) is 13.8 Å². The largest absolute Gasteiger partial charge is 0.349 e. The Morgan fingerprint density at radius 1 is 1.38 bits per heavy atom. The summed E-state index contributed by atoms with van der Waals surface area (Å²) in [6.07, 6.45) is 0. The Kier molecular flexibility index (Phi) is 1.86. The molecule has 1 rings (SSSR count). The van der Waals surface area contributed by atoms with Crippen LogP contribution in [0, 0.1) is 0 Å². The monoisotopic (exact) mass is 188 g/mol. The van der Waals surface area contributed by atoms with E-state index in [0.29, 0.717) is 4.90 Å². The lowest BCUT2D eigenvalue weighted by atomic mass is 10.1. The van der Waals surface area contributed by atoms with Gasteiger partial charge in [0, 0.05) is 6.92 Å². The van der Waals surface area contributed by atoms with Gasteiger partial charge in [-0.1, -0.05) is 0 Å². The number of nitrogens with zero attached hydrogens (tertiary/aromatic N) is 1. The number of imide groups is 1. The van der Waals surface area contributed by atoms with Crippen LogP contribution in [-0.2, 0) is 4.79 Å². The number of hydrogen-bond donors (Lipinski definition) is 3. The minimum absolute atomic E-state index is 0.382. The topological polar surface area (TPSA) is 89.9 Å². The van der Waals surface area contributed by atoms with Crippen LogP contribution in [0.3, 0.4) is 0 Å². The van der Waals surface area contributed by atoms with Crippen LogP contribution in [0.4, 0.5) is 4.79 Å². The Labute approximate surface area is 75.1 Å². The molecule has 0 radical (unpaired) electrons. The van der Waals surface area contributed by atoms with Crippen LogP contribution in [0.1, 0.15) is 20.8 Å². The zero-order valence-corrected chi connectivity index (χ0v) is 7.66. The van der Waals surface area contributed by atoms with Crippen molar-refractivity contribution >= 4 is 11.9 Å². The van der Waals surface area contributed by atoms with E-state index in [1.54, 1.807) is 0 Å².